The van der Waals surface area contributed by atoms with Crippen molar-refractivity contribution >= 4 is 67.8 Å². The molecule has 0 bridgehead atoms. The number of amides is 2. The van der Waals surface area contributed by atoms with E-state index in [4.69, 9.17) is 12.2 Å². The van der Waals surface area contributed by atoms with Gasteiger partial charge >= 0.3 is 0 Å². The number of hydrazine groups is 1. The summed E-state index contributed by atoms with van der Waals surface area (Å²) in [6.07, 6.45) is 3.47. The third-order valence-electron chi connectivity index (χ3n) is 6.12. The summed E-state index contributed by atoms with van der Waals surface area (Å²) in [5.74, 6) is -1.46. The predicted octanol–water partition coefficient (Wildman–Crippen LogP) is 4.97. The first-order valence-electron chi connectivity index (χ1n) is 11.1. The second kappa shape index (κ2) is 8.47. The number of fused-ring (bicyclic) bond motifs is 2. The van der Waals surface area contributed by atoms with Gasteiger partial charge in [-0.15, -0.1) is 0 Å². The number of halogens is 1. The number of imide groups is 1. The van der Waals surface area contributed by atoms with Gasteiger partial charge in [0.25, 0.3) is 11.8 Å². The van der Waals surface area contributed by atoms with Gasteiger partial charge in [0, 0.05) is 51.0 Å². The maximum absolute atomic E-state index is 13.8. The molecule has 3 aromatic carbocycles. The van der Waals surface area contributed by atoms with E-state index in [-0.39, 0.29) is 22.1 Å². The summed E-state index contributed by atoms with van der Waals surface area (Å²) in [6.45, 7) is 0. The van der Waals surface area contributed by atoms with Crippen LogP contribution >= 0.6 is 12.2 Å². The van der Waals surface area contributed by atoms with Crippen LogP contribution < -0.4 is 10.7 Å². The first kappa shape index (κ1) is 21.8. The molecule has 6 rings (SSSR count). The Morgan fingerprint density at radius 2 is 1.25 bits per heavy atom. The fourth-order valence-electron chi connectivity index (χ4n) is 4.48. The molecule has 4 N–H and O–H groups in total. The molecule has 7 nitrogen and oxygen atoms in total. The maximum atomic E-state index is 13.8. The third kappa shape index (κ3) is 3.53. The second-order valence-corrected chi connectivity index (χ2v) is 8.67. The molecule has 5 aromatic rings. The summed E-state index contributed by atoms with van der Waals surface area (Å²) >= 11 is 5.35. The quantitative estimate of drug-likeness (QED) is 0.209. The molecule has 9 heteroatoms. The number of para-hydroxylation sites is 2. The van der Waals surface area contributed by atoms with Gasteiger partial charge in [0.2, 0.25) is 0 Å². The number of aromatic amines is 2. The molecule has 0 aliphatic carbocycles. The highest BCUT2D eigenvalue weighted by Crippen LogP contribution is 2.40. The van der Waals surface area contributed by atoms with Crippen molar-refractivity contribution in [3.05, 3.63) is 102 Å². The van der Waals surface area contributed by atoms with Gasteiger partial charge in [0.1, 0.15) is 5.82 Å². The molecule has 3 heterocycles. The molecular weight excluding hydrogens is 477 g/mol. The van der Waals surface area contributed by atoms with Crippen LogP contribution in [0.1, 0.15) is 11.1 Å². The Morgan fingerprint density at radius 3 is 1.78 bits per heavy atom. The van der Waals surface area contributed by atoms with Crippen molar-refractivity contribution in [3.8, 4) is 0 Å². The van der Waals surface area contributed by atoms with Crippen LogP contribution in [0, 0.1) is 5.82 Å². The first-order chi connectivity index (χ1) is 17.5. The average molecular weight is 496 g/mol. The lowest BCUT2D eigenvalue weighted by atomic mass is 9.95. The van der Waals surface area contributed by atoms with Crippen LogP contribution in [0.3, 0.4) is 0 Å². The fraction of sp³-hybridized carbons (Fsp3) is 0. The topological polar surface area (TPSA) is 93.0 Å². The van der Waals surface area contributed by atoms with Crippen LogP contribution in [0.2, 0.25) is 0 Å². The molecule has 0 fully saturated rings. The number of hydrogen-bond acceptors (Lipinski definition) is 3. The van der Waals surface area contributed by atoms with E-state index in [1.807, 2.05) is 48.5 Å². The number of aromatic nitrogens is 2. The lowest BCUT2D eigenvalue weighted by molar-refractivity contribution is -0.138. The normalized spacial score (nSPS) is 13.8. The van der Waals surface area contributed by atoms with E-state index < -0.39 is 11.8 Å². The highest BCUT2D eigenvalue weighted by atomic mass is 32.1. The number of nitrogens with one attached hydrogen (secondary N) is 4. The summed E-state index contributed by atoms with van der Waals surface area (Å²) < 4.78 is 13.2. The van der Waals surface area contributed by atoms with E-state index in [9.17, 15) is 14.0 Å². The van der Waals surface area contributed by atoms with Crippen molar-refractivity contribution in [2.24, 2.45) is 0 Å². The molecule has 0 radical (unpaired) electrons. The molecule has 0 saturated carbocycles. The zero-order chi connectivity index (χ0) is 24.8. The van der Waals surface area contributed by atoms with E-state index in [1.165, 1.54) is 24.3 Å². The number of H-pyrrole nitrogens is 2. The molecule has 176 valence electrons. The second-order valence-electron chi connectivity index (χ2n) is 8.26. The van der Waals surface area contributed by atoms with Gasteiger partial charge < -0.3 is 15.3 Å². The molecule has 2 aromatic heterocycles. The molecule has 0 spiro atoms. The first-order valence-corrected chi connectivity index (χ1v) is 11.5. The molecule has 2 amide bonds. The number of hydrogen-bond donors (Lipinski definition) is 4. The van der Waals surface area contributed by atoms with Gasteiger partial charge in [-0.05, 0) is 48.6 Å². The SMILES string of the molecule is O=C1C(c2c[nH]c3ccccc23)=C(c2c[nH]c3ccccc23)C(=O)N1NC(=S)Nc1ccc(F)cc1. The number of carbonyl (C=O) groups is 2. The average Bonchev–Trinajstić information content (AvgIpc) is 3.56. The van der Waals surface area contributed by atoms with E-state index in [1.54, 1.807) is 12.4 Å². The molecule has 1 aliphatic rings. The summed E-state index contributed by atoms with van der Waals surface area (Å²) in [4.78, 5) is 33.9. The molecular formula is C27H18FN5O2S. The summed E-state index contributed by atoms with van der Waals surface area (Å²) in [5.41, 5.74) is 6.68. The van der Waals surface area contributed by atoms with Crippen LogP contribution in [0.15, 0.2) is 85.2 Å². The number of thiocarbonyl (C=S) groups is 1. The van der Waals surface area contributed by atoms with Crippen molar-refractivity contribution in [1.82, 2.24) is 20.4 Å². The Kier molecular flexibility index (Phi) is 5.12. The van der Waals surface area contributed by atoms with E-state index >= 15 is 0 Å². The number of carbonyl (C=O) groups excluding carboxylic acids is 2. The smallest absolute Gasteiger partial charge is 0.281 e. The van der Waals surface area contributed by atoms with Crippen LogP contribution in [0.4, 0.5) is 10.1 Å². The van der Waals surface area contributed by atoms with E-state index in [0.29, 0.717) is 16.8 Å². The van der Waals surface area contributed by atoms with Crippen LogP contribution in [0.25, 0.3) is 33.0 Å². The van der Waals surface area contributed by atoms with Crippen molar-refractivity contribution < 1.29 is 14.0 Å². The van der Waals surface area contributed by atoms with Crippen molar-refractivity contribution in [2.45, 2.75) is 0 Å². The number of rotatable bonds is 4. The molecule has 1 aliphatic heterocycles. The van der Waals surface area contributed by atoms with Crippen molar-refractivity contribution in [2.75, 3.05) is 5.32 Å². The van der Waals surface area contributed by atoms with Gasteiger partial charge in [-0.1, -0.05) is 36.4 Å². The zero-order valence-corrected chi connectivity index (χ0v) is 19.4. The van der Waals surface area contributed by atoms with E-state index in [2.05, 4.69) is 20.7 Å². The Morgan fingerprint density at radius 1 is 0.750 bits per heavy atom. The Hall–Kier alpha value is -4.76. The van der Waals surface area contributed by atoms with Gasteiger partial charge in [-0.25, -0.2) is 4.39 Å². The minimum atomic E-state index is -0.534. The van der Waals surface area contributed by atoms with Gasteiger partial charge in [-0.3, -0.25) is 15.0 Å². The lowest BCUT2D eigenvalue weighted by Gasteiger charge is -2.19. The lowest BCUT2D eigenvalue weighted by Crippen LogP contribution is -2.48. The number of benzene rings is 3. The van der Waals surface area contributed by atoms with Crippen molar-refractivity contribution in [1.29, 1.82) is 0 Å². The molecule has 0 unspecified atom stereocenters. The Balaban J connectivity index is 1.43. The van der Waals surface area contributed by atoms with Crippen LogP contribution in [-0.2, 0) is 9.59 Å². The Bertz CT molecular complexity index is 1620. The third-order valence-corrected chi connectivity index (χ3v) is 6.31. The van der Waals surface area contributed by atoms with Crippen molar-refractivity contribution in [3.63, 3.8) is 0 Å². The summed E-state index contributed by atoms with van der Waals surface area (Å²) in [7, 11) is 0. The highest BCUT2D eigenvalue weighted by Gasteiger charge is 2.42. The van der Waals surface area contributed by atoms with Gasteiger partial charge in [-0.2, -0.15) is 5.01 Å². The van der Waals surface area contributed by atoms with Gasteiger partial charge in [0.05, 0.1) is 11.1 Å². The minimum absolute atomic E-state index is 0.0155. The Labute approximate surface area is 209 Å². The van der Waals surface area contributed by atoms with Crippen LogP contribution in [0.5, 0.6) is 0 Å². The molecule has 36 heavy (non-hydrogen) atoms. The molecule has 0 saturated heterocycles. The summed E-state index contributed by atoms with van der Waals surface area (Å²) in [6, 6.07) is 20.7. The van der Waals surface area contributed by atoms with E-state index in [0.717, 1.165) is 26.8 Å². The number of nitrogens with zero attached hydrogens (tertiary/aromatic N) is 1. The predicted molar refractivity (Wildman–Crippen MR) is 141 cm³/mol. The number of anilines is 1. The molecule has 0 atom stereocenters. The van der Waals surface area contributed by atoms with Gasteiger partial charge in [0.15, 0.2) is 5.11 Å². The minimum Gasteiger partial charge on any atom is -0.361 e. The standard InChI is InChI=1S/C27H18FN5O2S/c28-15-9-11-16(12-10-15)31-27(36)32-33-25(34)23(19-13-29-21-7-3-1-5-17(19)21)24(26(33)35)20-14-30-22-8-4-2-6-18(20)22/h1-14,29-30H,(H2,31,32,36). The fourth-order valence-corrected chi connectivity index (χ4v) is 4.69. The highest BCUT2D eigenvalue weighted by molar-refractivity contribution is 7.80. The largest absolute Gasteiger partial charge is 0.361 e. The summed E-state index contributed by atoms with van der Waals surface area (Å²) in [5, 5.41) is 5.44. The maximum Gasteiger partial charge on any atom is 0.281 e. The zero-order valence-electron chi connectivity index (χ0n) is 18.6. The monoisotopic (exact) mass is 495 g/mol. The van der Waals surface area contributed by atoms with Crippen LogP contribution in [-0.4, -0.2) is 31.9 Å².